The Hall–Kier alpha value is -1.04. The average Bonchev–Trinajstić information content (AvgIpc) is 2.14. The van der Waals surface area contributed by atoms with Crippen molar-refractivity contribution in [1.82, 2.24) is 0 Å². The number of carbonyl (C=O) groups excluding carboxylic acids is 1. The summed E-state index contributed by atoms with van der Waals surface area (Å²) in [5.41, 5.74) is -1.38. The zero-order valence-corrected chi connectivity index (χ0v) is 10.1. The van der Waals surface area contributed by atoms with Crippen molar-refractivity contribution in [2.45, 2.75) is 13.1 Å². The third-order valence-corrected chi connectivity index (χ3v) is 2.58. The highest BCUT2D eigenvalue weighted by Crippen LogP contribution is 2.38. The van der Waals surface area contributed by atoms with Crippen molar-refractivity contribution < 1.29 is 22.7 Å². The van der Waals surface area contributed by atoms with E-state index in [-0.39, 0.29) is 15.8 Å². The van der Waals surface area contributed by atoms with Crippen LogP contribution in [0, 0.1) is 0 Å². The summed E-state index contributed by atoms with van der Waals surface area (Å²) in [7, 11) is 1.26. The predicted molar refractivity (Wildman–Crippen MR) is 55.7 cm³/mol. The Kier molecular flexibility index (Phi) is 3.62. The van der Waals surface area contributed by atoms with E-state index in [0.717, 1.165) is 13.0 Å². The molecule has 16 heavy (non-hydrogen) atoms. The van der Waals surface area contributed by atoms with Gasteiger partial charge in [0.2, 0.25) is 0 Å². The molecular formula is C10H8BrF3O2. The molecule has 0 saturated carbocycles. The van der Waals surface area contributed by atoms with Gasteiger partial charge in [-0.3, -0.25) is 4.79 Å². The Morgan fingerprint density at radius 1 is 1.38 bits per heavy atom. The van der Waals surface area contributed by atoms with Crippen molar-refractivity contribution in [2.24, 2.45) is 0 Å². The van der Waals surface area contributed by atoms with E-state index in [1.54, 1.807) is 0 Å². The topological polar surface area (TPSA) is 26.3 Å². The number of benzene rings is 1. The molecule has 1 aromatic carbocycles. The minimum atomic E-state index is -4.59. The van der Waals surface area contributed by atoms with Crippen molar-refractivity contribution in [3.05, 3.63) is 27.7 Å². The molecule has 6 heteroatoms. The van der Waals surface area contributed by atoms with E-state index < -0.39 is 17.5 Å². The van der Waals surface area contributed by atoms with Crippen LogP contribution >= 0.6 is 15.9 Å². The molecule has 2 nitrogen and oxygen atoms in total. The van der Waals surface area contributed by atoms with Gasteiger partial charge in [-0.05, 0) is 35.0 Å². The molecule has 0 atom stereocenters. The van der Waals surface area contributed by atoms with E-state index in [9.17, 15) is 18.0 Å². The number of alkyl halides is 3. The standard InChI is InChI=1S/C10H8BrF3O2/c1-5(15)9-7(10(12,13)14)3-6(16-2)4-8(9)11/h3-4H,1-2H3. The largest absolute Gasteiger partial charge is 0.497 e. The van der Waals surface area contributed by atoms with E-state index in [1.165, 1.54) is 13.2 Å². The molecule has 0 spiro atoms. The third kappa shape index (κ3) is 2.55. The molecule has 0 fully saturated rings. The van der Waals surface area contributed by atoms with Crippen LogP contribution in [0.4, 0.5) is 13.2 Å². The predicted octanol–water partition coefficient (Wildman–Crippen LogP) is 3.68. The lowest BCUT2D eigenvalue weighted by atomic mass is 10.0. The number of ketones is 1. The number of hydrogen-bond donors (Lipinski definition) is 0. The number of hydrogen-bond acceptors (Lipinski definition) is 2. The number of rotatable bonds is 2. The summed E-state index contributed by atoms with van der Waals surface area (Å²) >= 11 is 2.93. The van der Waals surface area contributed by atoms with Gasteiger partial charge in [0.05, 0.1) is 12.7 Å². The van der Waals surface area contributed by atoms with Crippen LogP contribution in [0.25, 0.3) is 0 Å². The van der Waals surface area contributed by atoms with Gasteiger partial charge >= 0.3 is 6.18 Å². The van der Waals surface area contributed by atoms with Crippen LogP contribution in [0.2, 0.25) is 0 Å². The van der Waals surface area contributed by atoms with Crippen LogP contribution in [0.1, 0.15) is 22.8 Å². The number of halogens is 4. The van der Waals surface area contributed by atoms with E-state index in [4.69, 9.17) is 4.74 Å². The number of ether oxygens (including phenoxy) is 1. The fourth-order valence-corrected chi connectivity index (χ4v) is 2.00. The van der Waals surface area contributed by atoms with Crippen LogP contribution in [0.3, 0.4) is 0 Å². The number of Topliss-reactive ketones (excluding diaryl/α,β-unsaturated/α-hetero) is 1. The molecule has 1 rings (SSSR count). The van der Waals surface area contributed by atoms with Gasteiger partial charge in [0.1, 0.15) is 5.75 Å². The van der Waals surface area contributed by atoms with Crippen LogP contribution in [0.5, 0.6) is 5.75 Å². The van der Waals surface area contributed by atoms with Gasteiger partial charge in [-0.25, -0.2) is 0 Å². The summed E-state index contributed by atoms with van der Waals surface area (Å²) in [6.07, 6.45) is -4.59. The molecular weight excluding hydrogens is 289 g/mol. The minimum absolute atomic E-state index is 0.0456. The van der Waals surface area contributed by atoms with Crippen LogP contribution in [-0.4, -0.2) is 12.9 Å². The van der Waals surface area contributed by atoms with Crippen molar-refractivity contribution >= 4 is 21.7 Å². The second kappa shape index (κ2) is 4.45. The highest BCUT2D eigenvalue weighted by molar-refractivity contribution is 9.10. The highest BCUT2D eigenvalue weighted by atomic mass is 79.9. The van der Waals surface area contributed by atoms with Gasteiger partial charge in [-0.2, -0.15) is 13.2 Å². The molecule has 0 bridgehead atoms. The average molecular weight is 297 g/mol. The first kappa shape index (κ1) is 13.0. The van der Waals surface area contributed by atoms with Gasteiger partial charge in [-0.1, -0.05) is 0 Å². The normalized spacial score (nSPS) is 11.4. The summed E-state index contributed by atoms with van der Waals surface area (Å²) in [6.45, 7) is 1.09. The van der Waals surface area contributed by atoms with Gasteiger partial charge < -0.3 is 4.74 Å². The quantitative estimate of drug-likeness (QED) is 0.778. The highest BCUT2D eigenvalue weighted by Gasteiger charge is 2.36. The van der Waals surface area contributed by atoms with E-state index >= 15 is 0 Å². The molecule has 0 unspecified atom stereocenters. The maximum Gasteiger partial charge on any atom is 0.417 e. The maximum absolute atomic E-state index is 12.7. The van der Waals surface area contributed by atoms with Crippen molar-refractivity contribution in [2.75, 3.05) is 7.11 Å². The second-order valence-corrected chi connectivity index (χ2v) is 3.94. The molecule has 1 aromatic rings. The third-order valence-electron chi connectivity index (χ3n) is 1.96. The molecule has 0 aliphatic carbocycles. The van der Waals surface area contributed by atoms with Crippen LogP contribution in [-0.2, 0) is 6.18 Å². The van der Waals surface area contributed by atoms with Gasteiger partial charge in [0.25, 0.3) is 0 Å². The van der Waals surface area contributed by atoms with Crippen LogP contribution < -0.4 is 4.74 Å². The lowest BCUT2D eigenvalue weighted by Crippen LogP contribution is -2.12. The van der Waals surface area contributed by atoms with Gasteiger partial charge in [0.15, 0.2) is 5.78 Å². The molecule has 0 radical (unpaired) electrons. The summed E-state index contributed by atoms with van der Waals surface area (Å²) in [5.74, 6) is -0.606. The maximum atomic E-state index is 12.7. The summed E-state index contributed by atoms with van der Waals surface area (Å²) < 4.78 is 42.8. The SMILES string of the molecule is COc1cc(Br)c(C(C)=O)c(C(F)(F)F)c1. The van der Waals surface area contributed by atoms with E-state index in [1.807, 2.05) is 0 Å². The fraction of sp³-hybridized carbons (Fsp3) is 0.300. The Morgan fingerprint density at radius 2 is 1.94 bits per heavy atom. The Bertz CT molecular complexity index is 427. The summed E-state index contributed by atoms with van der Waals surface area (Å²) in [4.78, 5) is 11.2. The van der Waals surface area contributed by atoms with Crippen LogP contribution in [0.15, 0.2) is 16.6 Å². The van der Waals surface area contributed by atoms with E-state index in [0.29, 0.717) is 0 Å². The van der Waals surface area contributed by atoms with Crippen molar-refractivity contribution in [3.63, 3.8) is 0 Å². The molecule has 0 aliphatic heterocycles. The lowest BCUT2D eigenvalue weighted by molar-refractivity contribution is -0.138. The fourth-order valence-electron chi connectivity index (χ4n) is 1.28. The summed E-state index contributed by atoms with van der Waals surface area (Å²) in [5, 5.41) is 0. The Morgan fingerprint density at radius 3 is 2.31 bits per heavy atom. The zero-order valence-electron chi connectivity index (χ0n) is 8.48. The molecule has 0 N–H and O–H groups in total. The molecule has 0 aromatic heterocycles. The minimum Gasteiger partial charge on any atom is -0.497 e. The first-order chi connectivity index (χ1) is 7.27. The zero-order chi connectivity index (χ0) is 12.5. The monoisotopic (exact) mass is 296 g/mol. The lowest BCUT2D eigenvalue weighted by Gasteiger charge is -2.14. The van der Waals surface area contributed by atoms with Crippen molar-refractivity contribution in [3.8, 4) is 5.75 Å². The van der Waals surface area contributed by atoms with Gasteiger partial charge in [0, 0.05) is 10.0 Å². The summed E-state index contributed by atoms with van der Waals surface area (Å²) in [6, 6.07) is 2.13. The molecule has 0 amide bonds. The first-order valence-corrected chi connectivity index (χ1v) is 5.02. The van der Waals surface area contributed by atoms with Gasteiger partial charge in [-0.15, -0.1) is 0 Å². The Balaban J connectivity index is 3.53. The first-order valence-electron chi connectivity index (χ1n) is 4.23. The molecule has 0 aliphatic rings. The molecule has 0 heterocycles. The number of carbonyl (C=O) groups is 1. The smallest absolute Gasteiger partial charge is 0.417 e. The van der Waals surface area contributed by atoms with E-state index in [2.05, 4.69) is 15.9 Å². The van der Waals surface area contributed by atoms with Crippen molar-refractivity contribution in [1.29, 1.82) is 0 Å². The number of methoxy groups -OCH3 is 1. The Labute approximate surface area is 98.5 Å². The molecule has 0 saturated heterocycles. The second-order valence-electron chi connectivity index (χ2n) is 3.09. The molecule has 88 valence electrons.